The van der Waals surface area contributed by atoms with Crippen molar-refractivity contribution in [2.45, 2.75) is 39.3 Å². The largest absolute Gasteiger partial charge is 0.490 e. The van der Waals surface area contributed by atoms with Crippen molar-refractivity contribution in [3.05, 3.63) is 59.7 Å². The van der Waals surface area contributed by atoms with Crippen molar-refractivity contribution in [2.75, 3.05) is 13.2 Å². The topological polar surface area (TPSA) is 38.8 Å². The van der Waals surface area contributed by atoms with E-state index in [9.17, 15) is 4.79 Å². The summed E-state index contributed by atoms with van der Waals surface area (Å²) in [4.78, 5) is 15.1. The van der Waals surface area contributed by atoms with Gasteiger partial charge < -0.3 is 14.4 Å². The first-order chi connectivity index (χ1) is 12.2. The molecular formula is C21H25NO3. The van der Waals surface area contributed by atoms with Crippen LogP contribution in [0.15, 0.2) is 48.5 Å². The van der Waals surface area contributed by atoms with E-state index < -0.39 is 0 Å². The fraction of sp³-hybridized carbons (Fsp3) is 0.381. The Labute approximate surface area is 149 Å². The summed E-state index contributed by atoms with van der Waals surface area (Å²) in [5.74, 6) is 1.36. The molecular weight excluding hydrogens is 314 g/mol. The van der Waals surface area contributed by atoms with Crippen molar-refractivity contribution in [3.63, 3.8) is 0 Å². The van der Waals surface area contributed by atoms with E-state index in [1.807, 2.05) is 49.1 Å². The van der Waals surface area contributed by atoms with E-state index in [0.29, 0.717) is 42.9 Å². The molecule has 1 amide bonds. The standard InChI is InChI=1S/C21H25NO3/c1-3-24-19-13-10-17(14-20(19)25-4-2)21(23)22(18-11-12-18)15-16-8-6-5-7-9-16/h5-10,13-14,18H,3-4,11-12,15H2,1-2H3. The van der Waals surface area contributed by atoms with Gasteiger partial charge in [0.15, 0.2) is 11.5 Å². The van der Waals surface area contributed by atoms with Crippen LogP contribution in [0, 0.1) is 0 Å². The van der Waals surface area contributed by atoms with Gasteiger partial charge >= 0.3 is 0 Å². The second-order valence-corrected chi connectivity index (χ2v) is 6.18. The van der Waals surface area contributed by atoms with E-state index in [-0.39, 0.29) is 5.91 Å². The number of rotatable bonds is 8. The molecule has 0 N–H and O–H groups in total. The van der Waals surface area contributed by atoms with Gasteiger partial charge in [-0.3, -0.25) is 4.79 Å². The maximum atomic E-state index is 13.1. The number of carbonyl (C=O) groups excluding carboxylic acids is 1. The molecule has 0 heterocycles. The molecule has 1 aliphatic rings. The molecule has 1 aliphatic carbocycles. The van der Waals surface area contributed by atoms with E-state index in [0.717, 1.165) is 18.4 Å². The highest BCUT2D eigenvalue weighted by molar-refractivity contribution is 5.95. The van der Waals surface area contributed by atoms with Gasteiger partial charge in [-0.1, -0.05) is 30.3 Å². The normalized spacial score (nSPS) is 13.4. The smallest absolute Gasteiger partial charge is 0.254 e. The van der Waals surface area contributed by atoms with Crippen molar-refractivity contribution in [1.82, 2.24) is 4.90 Å². The van der Waals surface area contributed by atoms with E-state index in [4.69, 9.17) is 9.47 Å². The third-order valence-corrected chi connectivity index (χ3v) is 4.23. The Morgan fingerprint density at radius 2 is 1.68 bits per heavy atom. The van der Waals surface area contributed by atoms with Crippen LogP contribution in [0.5, 0.6) is 11.5 Å². The second kappa shape index (κ2) is 8.06. The summed E-state index contributed by atoms with van der Waals surface area (Å²) in [6.07, 6.45) is 2.15. The summed E-state index contributed by atoms with van der Waals surface area (Å²) < 4.78 is 11.2. The van der Waals surface area contributed by atoms with Crippen LogP contribution in [0.4, 0.5) is 0 Å². The third kappa shape index (κ3) is 4.32. The van der Waals surface area contributed by atoms with Gasteiger partial charge in [-0.15, -0.1) is 0 Å². The van der Waals surface area contributed by atoms with Crippen LogP contribution >= 0.6 is 0 Å². The molecule has 0 aromatic heterocycles. The van der Waals surface area contributed by atoms with Crippen molar-refractivity contribution in [2.24, 2.45) is 0 Å². The van der Waals surface area contributed by atoms with E-state index >= 15 is 0 Å². The molecule has 1 fully saturated rings. The first kappa shape index (κ1) is 17.3. The molecule has 0 atom stereocenters. The Morgan fingerprint density at radius 3 is 2.32 bits per heavy atom. The highest BCUT2D eigenvalue weighted by Gasteiger charge is 2.33. The number of ether oxygens (including phenoxy) is 2. The Hall–Kier alpha value is -2.49. The quantitative estimate of drug-likeness (QED) is 0.720. The number of benzene rings is 2. The maximum Gasteiger partial charge on any atom is 0.254 e. The minimum Gasteiger partial charge on any atom is -0.490 e. The summed E-state index contributed by atoms with van der Waals surface area (Å²) in [5.41, 5.74) is 1.80. The third-order valence-electron chi connectivity index (χ3n) is 4.23. The lowest BCUT2D eigenvalue weighted by molar-refractivity contribution is 0.0729. The van der Waals surface area contributed by atoms with Crippen molar-refractivity contribution in [3.8, 4) is 11.5 Å². The molecule has 4 heteroatoms. The fourth-order valence-corrected chi connectivity index (χ4v) is 2.88. The summed E-state index contributed by atoms with van der Waals surface area (Å²) >= 11 is 0. The molecule has 2 aromatic carbocycles. The first-order valence-corrected chi connectivity index (χ1v) is 8.97. The number of carbonyl (C=O) groups is 1. The van der Waals surface area contributed by atoms with E-state index in [2.05, 4.69) is 12.1 Å². The van der Waals surface area contributed by atoms with Gasteiger partial charge in [0.25, 0.3) is 5.91 Å². The number of nitrogens with zero attached hydrogens (tertiary/aromatic N) is 1. The van der Waals surface area contributed by atoms with Crippen LogP contribution < -0.4 is 9.47 Å². The molecule has 0 aliphatic heterocycles. The van der Waals surface area contributed by atoms with Gasteiger partial charge in [-0.2, -0.15) is 0 Å². The molecule has 4 nitrogen and oxygen atoms in total. The lowest BCUT2D eigenvalue weighted by Crippen LogP contribution is -2.32. The number of hydrogen-bond acceptors (Lipinski definition) is 3. The predicted octanol–water partition coefficient (Wildman–Crippen LogP) is 4.29. The van der Waals surface area contributed by atoms with Crippen molar-refractivity contribution in [1.29, 1.82) is 0 Å². The molecule has 2 aromatic rings. The highest BCUT2D eigenvalue weighted by Crippen LogP contribution is 2.33. The fourth-order valence-electron chi connectivity index (χ4n) is 2.88. The predicted molar refractivity (Wildman–Crippen MR) is 98.1 cm³/mol. The molecule has 0 bridgehead atoms. The van der Waals surface area contributed by atoms with E-state index in [1.54, 1.807) is 6.07 Å². The van der Waals surface area contributed by atoms with Crippen LogP contribution in [0.1, 0.15) is 42.6 Å². The van der Waals surface area contributed by atoms with E-state index in [1.165, 1.54) is 0 Å². The molecule has 0 spiro atoms. The number of hydrogen-bond donors (Lipinski definition) is 0. The lowest BCUT2D eigenvalue weighted by atomic mass is 10.1. The van der Waals surface area contributed by atoms with Crippen molar-refractivity contribution >= 4 is 5.91 Å². The zero-order valence-electron chi connectivity index (χ0n) is 14.9. The Morgan fingerprint density at radius 1 is 1.00 bits per heavy atom. The van der Waals surface area contributed by atoms with Crippen molar-refractivity contribution < 1.29 is 14.3 Å². The summed E-state index contributed by atoms with van der Waals surface area (Å²) in [6, 6.07) is 15.9. The van der Waals surface area contributed by atoms with Crippen LogP contribution in [-0.4, -0.2) is 30.1 Å². The minimum atomic E-state index is 0.0513. The second-order valence-electron chi connectivity index (χ2n) is 6.18. The molecule has 3 rings (SSSR count). The van der Waals surface area contributed by atoms with Gasteiger partial charge in [0, 0.05) is 18.2 Å². The zero-order valence-corrected chi connectivity index (χ0v) is 14.9. The molecule has 0 radical (unpaired) electrons. The molecule has 0 saturated heterocycles. The highest BCUT2D eigenvalue weighted by atomic mass is 16.5. The lowest BCUT2D eigenvalue weighted by Gasteiger charge is -2.23. The Kier molecular flexibility index (Phi) is 5.59. The average molecular weight is 339 g/mol. The Bertz CT molecular complexity index is 710. The zero-order chi connectivity index (χ0) is 17.6. The summed E-state index contributed by atoms with van der Waals surface area (Å²) in [5, 5.41) is 0. The van der Waals surface area contributed by atoms with Crippen LogP contribution in [-0.2, 0) is 6.54 Å². The monoisotopic (exact) mass is 339 g/mol. The van der Waals surface area contributed by atoms with Crippen LogP contribution in [0.3, 0.4) is 0 Å². The molecule has 0 unspecified atom stereocenters. The summed E-state index contributed by atoms with van der Waals surface area (Å²) in [6.45, 7) is 5.60. The van der Waals surface area contributed by atoms with Gasteiger partial charge in [0.1, 0.15) is 0 Å². The minimum absolute atomic E-state index is 0.0513. The first-order valence-electron chi connectivity index (χ1n) is 8.97. The summed E-state index contributed by atoms with van der Waals surface area (Å²) in [7, 11) is 0. The van der Waals surface area contributed by atoms with Crippen LogP contribution in [0.2, 0.25) is 0 Å². The molecule has 132 valence electrons. The maximum absolute atomic E-state index is 13.1. The molecule has 25 heavy (non-hydrogen) atoms. The van der Waals surface area contributed by atoms with Gasteiger partial charge in [0.2, 0.25) is 0 Å². The SMILES string of the molecule is CCOc1ccc(C(=O)N(Cc2ccccc2)C2CC2)cc1OCC. The molecule has 1 saturated carbocycles. The average Bonchev–Trinajstić information content (AvgIpc) is 3.47. The van der Waals surface area contributed by atoms with Gasteiger partial charge in [-0.25, -0.2) is 0 Å². The van der Waals surface area contributed by atoms with Gasteiger partial charge in [-0.05, 0) is 50.5 Å². The van der Waals surface area contributed by atoms with Crippen LogP contribution in [0.25, 0.3) is 0 Å². The number of amides is 1. The Balaban J connectivity index is 1.83. The van der Waals surface area contributed by atoms with Gasteiger partial charge in [0.05, 0.1) is 13.2 Å².